The average Bonchev–Trinajstić information content (AvgIpc) is 3.19. The van der Waals surface area contributed by atoms with Crippen molar-refractivity contribution >= 4 is 21.4 Å². The summed E-state index contributed by atoms with van der Waals surface area (Å²) in [7, 11) is -3.38. The van der Waals surface area contributed by atoms with Crippen LogP contribution in [0.25, 0.3) is 0 Å². The number of hydrogen-bond donors (Lipinski definition) is 1. The van der Waals surface area contributed by atoms with Crippen LogP contribution in [0.15, 0.2) is 16.3 Å². The van der Waals surface area contributed by atoms with E-state index in [2.05, 4.69) is 5.32 Å². The highest BCUT2D eigenvalue weighted by molar-refractivity contribution is 7.91. The molecule has 5 nitrogen and oxygen atoms in total. The van der Waals surface area contributed by atoms with Crippen molar-refractivity contribution in [3.63, 3.8) is 0 Å². The molecule has 1 saturated heterocycles. The van der Waals surface area contributed by atoms with E-state index in [1.807, 2.05) is 13.0 Å². The Morgan fingerprint density at radius 3 is 3.00 bits per heavy atom. The number of ether oxygens (including phenoxy) is 1. The lowest BCUT2D eigenvalue weighted by molar-refractivity contribution is 0.0752. The van der Waals surface area contributed by atoms with Gasteiger partial charge in [0.1, 0.15) is 4.21 Å². The van der Waals surface area contributed by atoms with Gasteiger partial charge in [0, 0.05) is 37.2 Å². The fourth-order valence-corrected chi connectivity index (χ4v) is 5.44. The van der Waals surface area contributed by atoms with Crippen molar-refractivity contribution in [1.29, 1.82) is 0 Å². The predicted molar refractivity (Wildman–Crippen MR) is 83.0 cm³/mol. The van der Waals surface area contributed by atoms with Gasteiger partial charge in [-0.2, -0.15) is 4.31 Å². The minimum atomic E-state index is -3.38. The molecular formula is C14H22N2O3S2. The van der Waals surface area contributed by atoms with Gasteiger partial charge in [0.15, 0.2) is 0 Å². The highest BCUT2D eigenvalue weighted by Gasteiger charge is 2.29. The molecule has 0 amide bonds. The van der Waals surface area contributed by atoms with E-state index in [9.17, 15) is 8.42 Å². The predicted octanol–water partition coefficient (Wildman–Crippen LogP) is 1.80. The quantitative estimate of drug-likeness (QED) is 0.894. The van der Waals surface area contributed by atoms with Crippen molar-refractivity contribution < 1.29 is 13.2 Å². The Morgan fingerprint density at radius 1 is 1.43 bits per heavy atom. The Hall–Kier alpha value is -0.470. The van der Waals surface area contributed by atoms with Gasteiger partial charge in [-0.25, -0.2) is 8.42 Å². The van der Waals surface area contributed by atoms with Gasteiger partial charge in [-0.05, 0) is 38.3 Å². The van der Waals surface area contributed by atoms with E-state index in [0.717, 1.165) is 17.8 Å². The Labute approximate surface area is 130 Å². The summed E-state index contributed by atoms with van der Waals surface area (Å²) in [6, 6.07) is 4.29. The number of nitrogens with one attached hydrogen (secondary N) is 1. The molecule has 1 N–H and O–H groups in total. The summed E-state index contributed by atoms with van der Waals surface area (Å²) in [6.07, 6.45) is 3.19. The van der Waals surface area contributed by atoms with Crippen LogP contribution in [0, 0.1) is 0 Å². The molecule has 118 valence electrons. The van der Waals surface area contributed by atoms with Crippen molar-refractivity contribution in [2.24, 2.45) is 0 Å². The maximum atomic E-state index is 12.7. The minimum absolute atomic E-state index is 0.0433. The third-order valence-corrected chi connectivity index (χ3v) is 7.21. The Bertz CT molecular complexity index is 581. The first-order valence-corrected chi connectivity index (χ1v) is 9.75. The standard InChI is InChI=1S/C14H22N2O3S2/c1-11-10-16(7-2-8-19-11)21(17,18)14-6-5-13(20-14)9-15-12-3-4-12/h5-6,11-12,15H,2-4,7-10H2,1H3. The zero-order valence-corrected chi connectivity index (χ0v) is 13.9. The van der Waals surface area contributed by atoms with Crippen LogP contribution >= 0.6 is 11.3 Å². The molecule has 1 atom stereocenters. The summed E-state index contributed by atoms with van der Waals surface area (Å²) in [5.74, 6) is 0. The highest BCUT2D eigenvalue weighted by atomic mass is 32.2. The number of sulfonamides is 1. The topological polar surface area (TPSA) is 58.6 Å². The second-order valence-corrected chi connectivity index (χ2v) is 9.11. The normalized spacial score (nSPS) is 24.9. The smallest absolute Gasteiger partial charge is 0.252 e. The maximum Gasteiger partial charge on any atom is 0.252 e. The summed E-state index contributed by atoms with van der Waals surface area (Å²) < 4.78 is 33.0. The third kappa shape index (κ3) is 3.84. The fraction of sp³-hybridized carbons (Fsp3) is 0.714. The molecule has 2 fully saturated rings. The van der Waals surface area contributed by atoms with Crippen LogP contribution in [0.4, 0.5) is 0 Å². The van der Waals surface area contributed by atoms with Gasteiger partial charge in [-0.15, -0.1) is 11.3 Å². The molecule has 1 aliphatic carbocycles. The van der Waals surface area contributed by atoms with Crippen LogP contribution in [0.3, 0.4) is 0 Å². The molecule has 2 aliphatic rings. The summed E-state index contributed by atoms with van der Waals surface area (Å²) in [5.41, 5.74) is 0. The van der Waals surface area contributed by atoms with Crippen molar-refractivity contribution in [2.75, 3.05) is 19.7 Å². The van der Waals surface area contributed by atoms with Crippen molar-refractivity contribution in [3.05, 3.63) is 17.0 Å². The third-order valence-electron chi connectivity index (χ3n) is 3.79. The van der Waals surface area contributed by atoms with Crippen LogP contribution in [-0.4, -0.2) is 44.6 Å². The van der Waals surface area contributed by atoms with E-state index in [1.54, 1.807) is 10.4 Å². The Kier molecular flexibility index (Phi) is 4.66. The van der Waals surface area contributed by atoms with E-state index < -0.39 is 10.0 Å². The second-order valence-electron chi connectivity index (χ2n) is 5.77. The van der Waals surface area contributed by atoms with Crippen LogP contribution < -0.4 is 5.32 Å². The SMILES string of the molecule is CC1CN(S(=O)(=O)c2ccc(CNC3CC3)s2)CCCO1. The Balaban J connectivity index is 1.70. The minimum Gasteiger partial charge on any atom is -0.377 e. The zero-order valence-electron chi connectivity index (χ0n) is 12.2. The monoisotopic (exact) mass is 330 g/mol. The fourth-order valence-electron chi connectivity index (χ4n) is 2.43. The molecule has 3 rings (SSSR count). The van der Waals surface area contributed by atoms with E-state index in [-0.39, 0.29) is 6.10 Å². The van der Waals surface area contributed by atoms with Crippen molar-refractivity contribution in [1.82, 2.24) is 9.62 Å². The first kappa shape index (κ1) is 15.4. The van der Waals surface area contributed by atoms with E-state index in [4.69, 9.17) is 4.74 Å². The number of thiophene rings is 1. The summed E-state index contributed by atoms with van der Waals surface area (Å²) in [6.45, 7) is 4.31. The van der Waals surface area contributed by atoms with Gasteiger partial charge in [0.05, 0.1) is 6.10 Å². The molecule has 0 aromatic carbocycles. The van der Waals surface area contributed by atoms with Crippen molar-refractivity contribution in [2.45, 2.75) is 49.1 Å². The maximum absolute atomic E-state index is 12.7. The molecule has 0 spiro atoms. The van der Waals surface area contributed by atoms with Crippen LogP contribution in [0.2, 0.25) is 0 Å². The van der Waals surface area contributed by atoms with Crippen LogP contribution in [-0.2, 0) is 21.3 Å². The van der Waals surface area contributed by atoms with E-state index >= 15 is 0 Å². The molecular weight excluding hydrogens is 308 g/mol. The van der Waals surface area contributed by atoms with Gasteiger partial charge in [-0.3, -0.25) is 0 Å². The van der Waals surface area contributed by atoms with E-state index in [1.165, 1.54) is 24.2 Å². The summed E-state index contributed by atoms with van der Waals surface area (Å²) in [4.78, 5) is 1.08. The lowest BCUT2D eigenvalue weighted by Crippen LogP contribution is -2.35. The van der Waals surface area contributed by atoms with Crippen LogP contribution in [0.5, 0.6) is 0 Å². The Morgan fingerprint density at radius 2 is 2.24 bits per heavy atom. The van der Waals surface area contributed by atoms with Gasteiger partial charge in [-0.1, -0.05) is 0 Å². The number of hydrogen-bond acceptors (Lipinski definition) is 5. The van der Waals surface area contributed by atoms with Gasteiger partial charge >= 0.3 is 0 Å². The van der Waals surface area contributed by atoms with Crippen LogP contribution in [0.1, 0.15) is 31.1 Å². The van der Waals surface area contributed by atoms with Crippen molar-refractivity contribution in [3.8, 4) is 0 Å². The average molecular weight is 330 g/mol. The second kappa shape index (κ2) is 6.34. The molecule has 1 unspecified atom stereocenters. The lowest BCUT2D eigenvalue weighted by Gasteiger charge is -2.20. The molecule has 1 aromatic rings. The molecule has 21 heavy (non-hydrogen) atoms. The highest BCUT2D eigenvalue weighted by Crippen LogP contribution is 2.27. The molecule has 7 heteroatoms. The van der Waals surface area contributed by atoms with Gasteiger partial charge < -0.3 is 10.1 Å². The van der Waals surface area contributed by atoms with E-state index in [0.29, 0.717) is 29.9 Å². The number of nitrogens with zero attached hydrogens (tertiary/aromatic N) is 1. The summed E-state index contributed by atoms with van der Waals surface area (Å²) in [5, 5.41) is 3.42. The molecule has 0 bridgehead atoms. The molecule has 1 saturated carbocycles. The molecule has 0 radical (unpaired) electrons. The first-order valence-electron chi connectivity index (χ1n) is 7.49. The number of rotatable bonds is 5. The molecule has 2 heterocycles. The van der Waals surface area contributed by atoms with Gasteiger partial charge in [0.25, 0.3) is 10.0 Å². The largest absolute Gasteiger partial charge is 0.377 e. The summed E-state index contributed by atoms with van der Waals surface area (Å²) >= 11 is 1.38. The van der Waals surface area contributed by atoms with Gasteiger partial charge in [0.2, 0.25) is 0 Å². The first-order chi connectivity index (χ1) is 10.1. The zero-order chi connectivity index (χ0) is 14.9. The lowest BCUT2D eigenvalue weighted by atomic mass is 10.4. The molecule has 1 aliphatic heterocycles. The molecule has 1 aromatic heterocycles.